The normalized spacial score (nSPS) is 20.1. The lowest BCUT2D eigenvalue weighted by Gasteiger charge is -2.44. The Balaban J connectivity index is 1.20. The second-order valence-electron chi connectivity index (χ2n) is 10.2. The fourth-order valence-corrected chi connectivity index (χ4v) is 5.72. The van der Waals surface area contributed by atoms with Crippen molar-refractivity contribution >= 4 is 22.8 Å². The maximum absolute atomic E-state index is 13.6. The van der Waals surface area contributed by atoms with Crippen LogP contribution in [-0.4, -0.2) is 56.4 Å². The molecular formula is C26H32N7O2-. The number of piperidine rings is 2. The molecule has 0 saturated carbocycles. The van der Waals surface area contributed by atoms with Gasteiger partial charge in [-0.3, -0.25) is 14.3 Å². The van der Waals surface area contributed by atoms with Crippen molar-refractivity contribution in [1.82, 2.24) is 24.3 Å². The van der Waals surface area contributed by atoms with Gasteiger partial charge >= 0.3 is 5.69 Å². The summed E-state index contributed by atoms with van der Waals surface area (Å²) in [5.41, 5.74) is 11.4. The topological polar surface area (TPSA) is 109 Å². The number of carbonyl (C=O) groups excluding carboxylic acids is 1. The Bertz CT molecular complexity index is 1280. The minimum atomic E-state index is -0.371. The van der Waals surface area contributed by atoms with Gasteiger partial charge in [0.15, 0.2) is 0 Å². The maximum Gasteiger partial charge on any atom is 0.326 e. The number of imidazole rings is 1. The highest BCUT2D eigenvalue weighted by Crippen LogP contribution is 2.37. The molecule has 1 N–H and O–H groups in total. The Hall–Kier alpha value is -3.33. The third-order valence-electron chi connectivity index (χ3n) is 8.06. The van der Waals surface area contributed by atoms with Crippen LogP contribution in [0.25, 0.3) is 16.6 Å². The minimum Gasteiger partial charge on any atom is -0.705 e. The second kappa shape index (κ2) is 9.37. The van der Waals surface area contributed by atoms with Crippen LogP contribution in [0, 0.1) is 5.41 Å². The van der Waals surface area contributed by atoms with Crippen LogP contribution >= 0.6 is 0 Å². The van der Waals surface area contributed by atoms with Crippen LogP contribution in [-0.2, 0) is 4.79 Å². The number of rotatable bonds is 5. The molecule has 0 radical (unpaired) electrons. The average Bonchev–Trinajstić information content (AvgIpc) is 3.24. The van der Waals surface area contributed by atoms with E-state index in [2.05, 4.69) is 33.8 Å². The van der Waals surface area contributed by atoms with Gasteiger partial charge in [0.1, 0.15) is 5.82 Å². The number of aromatic amines is 1. The van der Waals surface area contributed by atoms with Crippen LogP contribution in [0.15, 0.2) is 52.5 Å². The first-order valence-corrected chi connectivity index (χ1v) is 12.4. The predicted octanol–water partition coefficient (Wildman–Crippen LogP) is 4.40. The highest BCUT2D eigenvalue weighted by molar-refractivity contribution is 5.82. The summed E-state index contributed by atoms with van der Waals surface area (Å²) >= 11 is 0. The first-order chi connectivity index (χ1) is 16.9. The summed E-state index contributed by atoms with van der Waals surface area (Å²) in [4.78, 5) is 37.5. The van der Waals surface area contributed by atoms with E-state index < -0.39 is 0 Å². The van der Waals surface area contributed by atoms with Gasteiger partial charge in [-0.2, -0.15) is 0 Å². The van der Waals surface area contributed by atoms with Gasteiger partial charge in [-0.25, -0.2) is 9.78 Å². The van der Waals surface area contributed by atoms with Crippen molar-refractivity contribution < 1.29 is 4.79 Å². The highest BCUT2D eigenvalue weighted by Gasteiger charge is 2.41. The van der Waals surface area contributed by atoms with Gasteiger partial charge in [-0.05, 0) is 75.5 Å². The summed E-state index contributed by atoms with van der Waals surface area (Å²) in [5, 5.41) is 3.20. The summed E-state index contributed by atoms with van der Waals surface area (Å²) in [5.74, 6) is 0.546. The number of fused-ring (bicyclic) bond motifs is 1. The van der Waals surface area contributed by atoms with Crippen LogP contribution in [0.2, 0.25) is 0 Å². The Labute approximate surface area is 204 Å². The zero-order valence-electron chi connectivity index (χ0n) is 20.4. The van der Waals surface area contributed by atoms with Crippen molar-refractivity contribution in [1.29, 1.82) is 0 Å². The molecule has 9 heteroatoms. The lowest BCUT2D eigenvalue weighted by Crippen LogP contribution is -2.51. The minimum absolute atomic E-state index is 0.0709. The van der Waals surface area contributed by atoms with E-state index in [-0.39, 0.29) is 29.1 Å². The third-order valence-corrected chi connectivity index (χ3v) is 8.06. The van der Waals surface area contributed by atoms with Gasteiger partial charge in [0.05, 0.1) is 11.0 Å². The van der Waals surface area contributed by atoms with Crippen LogP contribution < -0.4 is 5.69 Å². The van der Waals surface area contributed by atoms with E-state index in [9.17, 15) is 9.59 Å². The van der Waals surface area contributed by atoms with Gasteiger partial charge in [0.25, 0.3) is 0 Å². The van der Waals surface area contributed by atoms with Crippen molar-refractivity contribution in [2.75, 3.05) is 26.2 Å². The summed E-state index contributed by atoms with van der Waals surface area (Å²) < 4.78 is 1.87. The molecule has 0 aliphatic carbocycles. The highest BCUT2D eigenvalue weighted by atomic mass is 16.2. The molecule has 4 heterocycles. The molecule has 2 fully saturated rings. The second-order valence-corrected chi connectivity index (χ2v) is 10.2. The summed E-state index contributed by atoms with van der Waals surface area (Å²) in [7, 11) is 0. The third kappa shape index (κ3) is 4.40. The molecule has 0 bridgehead atoms. The molecule has 0 spiro atoms. The molecular weight excluding hydrogens is 442 g/mol. The predicted molar refractivity (Wildman–Crippen MR) is 134 cm³/mol. The number of hydrogen-bond donors (Lipinski definition) is 1. The monoisotopic (exact) mass is 474 g/mol. The molecule has 9 nitrogen and oxygen atoms in total. The van der Waals surface area contributed by atoms with Gasteiger partial charge in [0.2, 0.25) is 5.91 Å². The first-order valence-electron chi connectivity index (χ1n) is 12.4. The number of carbonyl (C=O) groups is 1. The van der Waals surface area contributed by atoms with E-state index in [1.54, 1.807) is 12.3 Å². The number of nitrogens with one attached hydrogen (secondary N) is 1. The smallest absolute Gasteiger partial charge is 0.326 e. The molecule has 1 aromatic carbocycles. The quantitative estimate of drug-likeness (QED) is 0.553. The van der Waals surface area contributed by atoms with E-state index >= 15 is 0 Å². The van der Waals surface area contributed by atoms with Crippen molar-refractivity contribution in [3.63, 3.8) is 0 Å². The number of para-hydroxylation sites is 2. The van der Waals surface area contributed by atoms with E-state index in [1.165, 1.54) is 0 Å². The molecule has 5 rings (SSSR count). The van der Waals surface area contributed by atoms with Crippen LogP contribution in [0.1, 0.15) is 57.2 Å². The molecule has 35 heavy (non-hydrogen) atoms. The van der Waals surface area contributed by atoms with Crippen LogP contribution in [0.3, 0.4) is 0 Å². The molecule has 184 valence electrons. The first kappa shape index (κ1) is 23.4. The van der Waals surface area contributed by atoms with E-state index in [4.69, 9.17) is 5.53 Å². The average molecular weight is 475 g/mol. The number of likely N-dealkylation sites (tertiary alicyclic amines) is 2. The molecule has 2 aliphatic rings. The van der Waals surface area contributed by atoms with Crippen molar-refractivity contribution in [2.24, 2.45) is 10.5 Å². The summed E-state index contributed by atoms with van der Waals surface area (Å²) in [6, 6.07) is 11.8. The molecule has 3 aromatic rings. The molecule has 2 aliphatic heterocycles. The van der Waals surface area contributed by atoms with Gasteiger partial charge in [-0.15, -0.1) is 0 Å². The van der Waals surface area contributed by atoms with Crippen LogP contribution in [0.5, 0.6) is 0 Å². The maximum atomic E-state index is 13.6. The molecule has 1 amide bonds. The van der Waals surface area contributed by atoms with Gasteiger partial charge < -0.3 is 20.5 Å². The fraction of sp³-hybridized carbons (Fsp3) is 0.500. The molecule has 1 unspecified atom stereocenters. The van der Waals surface area contributed by atoms with E-state index in [0.717, 1.165) is 55.4 Å². The summed E-state index contributed by atoms with van der Waals surface area (Å²) in [6.45, 7) is 7.25. The van der Waals surface area contributed by atoms with Gasteiger partial charge in [-0.1, -0.05) is 19.1 Å². The standard InChI is InChI=1S/C26H32N7O2/c1-18(19-7-12-28-23(17-19)30-27)31-15-10-26(2,11-16-31)24(34)32-13-8-20(9-14-32)33-22-6-4-3-5-21(22)29-25(33)35/h3-7,12,17-18,20H,8-11,13-16H2,1-2H3,(H,29,35)/q-1. The van der Waals surface area contributed by atoms with Crippen molar-refractivity contribution in [2.45, 2.75) is 51.6 Å². The Morgan fingerprint density at radius 2 is 1.89 bits per heavy atom. The lowest BCUT2D eigenvalue weighted by atomic mass is 9.78. The number of benzene rings is 1. The fourth-order valence-electron chi connectivity index (χ4n) is 5.72. The Morgan fingerprint density at radius 1 is 1.17 bits per heavy atom. The van der Waals surface area contributed by atoms with Gasteiger partial charge in [0, 0.05) is 36.8 Å². The van der Waals surface area contributed by atoms with Crippen LogP contribution in [0.4, 0.5) is 5.82 Å². The largest absolute Gasteiger partial charge is 0.705 e. The molecule has 2 aromatic heterocycles. The Morgan fingerprint density at radius 3 is 2.60 bits per heavy atom. The number of H-pyrrole nitrogens is 1. The van der Waals surface area contributed by atoms with E-state index in [1.807, 2.05) is 39.8 Å². The van der Waals surface area contributed by atoms with E-state index in [0.29, 0.717) is 18.9 Å². The van der Waals surface area contributed by atoms with Crippen molar-refractivity contribution in [3.8, 4) is 0 Å². The SMILES string of the molecule is CC(c1ccnc(N=[N-])c1)N1CCC(C)(C(=O)N2CCC(n3c(=O)[nH]c4ccccc43)CC2)CC1. The lowest BCUT2D eigenvalue weighted by molar-refractivity contribution is -0.145. The zero-order valence-corrected chi connectivity index (χ0v) is 20.4. The molecule has 1 atom stereocenters. The number of hydrogen-bond acceptors (Lipinski definition) is 5. The number of aromatic nitrogens is 3. The Kier molecular flexibility index (Phi) is 6.27. The zero-order chi connectivity index (χ0) is 24.6. The molecule has 2 saturated heterocycles. The number of amides is 1. The number of nitrogens with zero attached hydrogens (tertiary/aromatic N) is 6. The van der Waals surface area contributed by atoms with Crippen molar-refractivity contribution in [3.05, 3.63) is 64.2 Å². The summed E-state index contributed by atoms with van der Waals surface area (Å²) in [6.07, 6.45) is 4.84. The number of pyridine rings is 1.